The van der Waals surface area contributed by atoms with Crippen LogP contribution >= 0.6 is 0 Å². The molecule has 86 valence electrons. The number of cyclic esters (lactones) is 2. The smallest absolute Gasteiger partial charge is 0.366 e. The van der Waals surface area contributed by atoms with Gasteiger partial charge in [0.05, 0.1) is 0 Å². The SMILES string of the molecule is CC1CC(=O)OC2(CC(=O)OC2=O)C(=O)C1. The first kappa shape index (κ1) is 10.8. The minimum absolute atomic E-state index is 0.0358. The maximum absolute atomic E-state index is 11.8. The molecule has 2 aliphatic heterocycles. The number of hydrogen-bond donors (Lipinski definition) is 0. The number of ether oxygens (including phenoxy) is 2. The van der Waals surface area contributed by atoms with Gasteiger partial charge in [0.1, 0.15) is 6.42 Å². The molecule has 0 saturated carbocycles. The summed E-state index contributed by atoms with van der Waals surface area (Å²) in [4.78, 5) is 45.6. The van der Waals surface area contributed by atoms with Crippen LogP contribution in [-0.4, -0.2) is 29.3 Å². The topological polar surface area (TPSA) is 86.7 Å². The van der Waals surface area contributed by atoms with Crippen molar-refractivity contribution in [2.24, 2.45) is 5.92 Å². The Bertz CT molecular complexity index is 398. The number of carbonyl (C=O) groups excluding carboxylic acids is 4. The van der Waals surface area contributed by atoms with Crippen molar-refractivity contribution in [3.63, 3.8) is 0 Å². The molecule has 0 aromatic carbocycles. The molecule has 0 radical (unpaired) electrons. The van der Waals surface area contributed by atoms with Crippen molar-refractivity contribution in [3.05, 3.63) is 0 Å². The zero-order chi connectivity index (χ0) is 11.9. The van der Waals surface area contributed by atoms with Crippen molar-refractivity contribution in [2.75, 3.05) is 0 Å². The summed E-state index contributed by atoms with van der Waals surface area (Å²) in [6, 6.07) is 0. The molecule has 0 aromatic rings. The molecule has 0 aliphatic carbocycles. The predicted molar refractivity (Wildman–Crippen MR) is 47.9 cm³/mol. The van der Waals surface area contributed by atoms with Gasteiger partial charge in [-0.2, -0.15) is 0 Å². The molecule has 2 heterocycles. The third-order valence-electron chi connectivity index (χ3n) is 2.72. The second kappa shape index (κ2) is 3.40. The van der Waals surface area contributed by atoms with Crippen LogP contribution in [0, 0.1) is 5.92 Å². The zero-order valence-electron chi connectivity index (χ0n) is 8.65. The molecule has 0 aromatic heterocycles. The Labute approximate surface area is 90.9 Å². The fourth-order valence-corrected chi connectivity index (χ4v) is 1.92. The molecule has 2 fully saturated rings. The first-order chi connectivity index (χ1) is 7.44. The van der Waals surface area contributed by atoms with Crippen molar-refractivity contribution in [3.8, 4) is 0 Å². The molecule has 2 aliphatic rings. The summed E-state index contributed by atoms with van der Waals surface area (Å²) < 4.78 is 9.13. The molecule has 2 rings (SSSR count). The summed E-state index contributed by atoms with van der Waals surface area (Å²) >= 11 is 0. The van der Waals surface area contributed by atoms with Crippen LogP contribution in [0.15, 0.2) is 0 Å². The van der Waals surface area contributed by atoms with Gasteiger partial charge in [-0.25, -0.2) is 4.79 Å². The van der Waals surface area contributed by atoms with E-state index in [1.54, 1.807) is 6.92 Å². The summed E-state index contributed by atoms with van der Waals surface area (Å²) in [5, 5.41) is 0. The number of esters is 3. The highest BCUT2D eigenvalue weighted by Gasteiger charge is 2.59. The van der Waals surface area contributed by atoms with Crippen molar-refractivity contribution in [1.82, 2.24) is 0 Å². The van der Waals surface area contributed by atoms with Gasteiger partial charge in [-0.15, -0.1) is 0 Å². The van der Waals surface area contributed by atoms with E-state index >= 15 is 0 Å². The molecule has 0 amide bonds. The molecule has 0 bridgehead atoms. The standard InChI is InChI=1S/C10H10O6/c1-5-2-6(11)10(16-7(12)3-5)4-8(13)15-9(10)14/h5H,2-4H2,1H3. The van der Waals surface area contributed by atoms with Crippen molar-refractivity contribution in [1.29, 1.82) is 0 Å². The third-order valence-corrected chi connectivity index (χ3v) is 2.72. The summed E-state index contributed by atoms with van der Waals surface area (Å²) in [5.74, 6) is -3.29. The monoisotopic (exact) mass is 226 g/mol. The van der Waals surface area contributed by atoms with Crippen molar-refractivity contribution in [2.45, 2.75) is 31.8 Å². The highest BCUT2D eigenvalue weighted by atomic mass is 16.6. The third kappa shape index (κ3) is 1.50. The van der Waals surface area contributed by atoms with Gasteiger partial charge in [-0.1, -0.05) is 6.92 Å². The molecule has 2 saturated heterocycles. The largest absolute Gasteiger partial charge is 0.438 e. The Morgan fingerprint density at radius 3 is 2.38 bits per heavy atom. The molecule has 2 atom stereocenters. The fraction of sp³-hybridized carbons (Fsp3) is 0.600. The van der Waals surface area contributed by atoms with Crippen LogP contribution in [0.4, 0.5) is 0 Å². The summed E-state index contributed by atoms with van der Waals surface area (Å²) in [5.41, 5.74) is -2.00. The molecule has 16 heavy (non-hydrogen) atoms. The van der Waals surface area contributed by atoms with E-state index in [2.05, 4.69) is 4.74 Å². The highest BCUT2D eigenvalue weighted by Crippen LogP contribution is 2.33. The van der Waals surface area contributed by atoms with Crippen molar-refractivity contribution >= 4 is 23.7 Å². The van der Waals surface area contributed by atoms with E-state index in [9.17, 15) is 19.2 Å². The van der Waals surface area contributed by atoms with E-state index in [1.165, 1.54) is 0 Å². The molecule has 6 nitrogen and oxygen atoms in total. The molecule has 6 heteroatoms. The van der Waals surface area contributed by atoms with Gasteiger partial charge < -0.3 is 9.47 Å². The van der Waals surface area contributed by atoms with Crippen LogP contribution < -0.4 is 0 Å². The number of rotatable bonds is 0. The maximum Gasteiger partial charge on any atom is 0.366 e. The minimum atomic E-state index is -2.00. The van der Waals surface area contributed by atoms with E-state index in [0.29, 0.717) is 0 Å². The van der Waals surface area contributed by atoms with Crippen LogP contribution in [-0.2, 0) is 28.7 Å². The van der Waals surface area contributed by atoms with Crippen LogP contribution in [0.25, 0.3) is 0 Å². The van der Waals surface area contributed by atoms with Gasteiger partial charge in [0, 0.05) is 12.8 Å². The lowest BCUT2D eigenvalue weighted by Crippen LogP contribution is -2.46. The van der Waals surface area contributed by atoms with Gasteiger partial charge in [-0.05, 0) is 5.92 Å². The average Bonchev–Trinajstić information content (AvgIpc) is 2.35. The van der Waals surface area contributed by atoms with E-state index in [1.807, 2.05) is 0 Å². The first-order valence-electron chi connectivity index (χ1n) is 4.94. The molecule has 1 spiro atoms. The van der Waals surface area contributed by atoms with Crippen LogP contribution in [0.5, 0.6) is 0 Å². The lowest BCUT2D eigenvalue weighted by molar-refractivity contribution is -0.175. The first-order valence-corrected chi connectivity index (χ1v) is 4.94. The van der Waals surface area contributed by atoms with E-state index in [0.717, 1.165) is 0 Å². The average molecular weight is 226 g/mol. The highest BCUT2D eigenvalue weighted by molar-refractivity contribution is 6.17. The Kier molecular flexibility index (Phi) is 2.29. The molecular weight excluding hydrogens is 216 g/mol. The number of carbonyl (C=O) groups is 4. The van der Waals surface area contributed by atoms with E-state index < -0.39 is 35.7 Å². The Morgan fingerprint density at radius 2 is 1.81 bits per heavy atom. The normalized spacial score (nSPS) is 34.9. The molecule has 0 N–H and O–H groups in total. The summed E-state index contributed by atoms with van der Waals surface area (Å²) in [6.07, 6.45) is -0.397. The second-order valence-electron chi connectivity index (χ2n) is 4.18. The second-order valence-corrected chi connectivity index (χ2v) is 4.18. The predicted octanol–water partition coefficient (Wildman–Crippen LogP) is -0.259. The summed E-state index contributed by atoms with van der Waals surface area (Å²) in [6.45, 7) is 1.71. The minimum Gasteiger partial charge on any atom is -0.438 e. The van der Waals surface area contributed by atoms with Crippen LogP contribution in [0.2, 0.25) is 0 Å². The lowest BCUT2D eigenvalue weighted by Gasteiger charge is -2.19. The summed E-state index contributed by atoms with van der Waals surface area (Å²) in [7, 11) is 0. The Hall–Kier alpha value is -1.72. The van der Waals surface area contributed by atoms with Gasteiger partial charge in [0.15, 0.2) is 5.78 Å². The van der Waals surface area contributed by atoms with Gasteiger partial charge in [-0.3, -0.25) is 14.4 Å². The van der Waals surface area contributed by atoms with Gasteiger partial charge in [0.25, 0.3) is 5.60 Å². The van der Waals surface area contributed by atoms with Gasteiger partial charge in [0.2, 0.25) is 0 Å². The zero-order valence-corrected chi connectivity index (χ0v) is 8.65. The van der Waals surface area contributed by atoms with Crippen LogP contribution in [0.1, 0.15) is 26.2 Å². The quantitative estimate of drug-likeness (QED) is 0.418. The Balaban J connectivity index is 2.38. The van der Waals surface area contributed by atoms with E-state index in [-0.39, 0.29) is 18.8 Å². The number of Topliss-reactive ketones (excluding diaryl/α,β-unsaturated/α-hetero) is 1. The number of hydrogen-bond acceptors (Lipinski definition) is 6. The maximum atomic E-state index is 11.8. The number of ketones is 1. The molecule has 2 unspecified atom stereocenters. The lowest BCUT2D eigenvalue weighted by atomic mass is 9.90. The Morgan fingerprint density at radius 1 is 1.12 bits per heavy atom. The molecular formula is C10H10O6. The fourth-order valence-electron chi connectivity index (χ4n) is 1.92. The van der Waals surface area contributed by atoms with E-state index in [4.69, 9.17) is 4.74 Å². The van der Waals surface area contributed by atoms with Gasteiger partial charge >= 0.3 is 17.9 Å². The van der Waals surface area contributed by atoms with Crippen LogP contribution in [0.3, 0.4) is 0 Å². The van der Waals surface area contributed by atoms with Crippen molar-refractivity contribution < 1.29 is 28.7 Å².